The Morgan fingerprint density at radius 1 is 1.07 bits per heavy atom. The molecule has 0 spiro atoms. The summed E-state index contributed by atoms with van der Waals surface area (Å²) in [6.45, 7) is -0.844. The van der Waals surface area contributed by atoms with Crippen LogP contribution in [0.4, 0.5) is 18.9 Å². The summed E-state index contributed by atoms with van der Waals surface area (Å²) in [7, 11) is 0. The highest BCUT2D eigenvalue weighted by atomic mass is 79.9. The maximum absolute atomic E-state index is 13.0. The second kappa shape index (κ2) is 7.96. The Morgan fingerprint density at radius 2 is 1.74 bits per heavy atom. The van der Waals surface area contributed by atoms with Crippen molar-refractivity contribution in [1.82, 2.24) is 9.78 Å². The first-order valence-corrected chi connectivity index (χ1v) is 8.82. The molecule has 0 saturated carbocycles. The van der Waals surface area contributed by atoms with Gasteiger partial charge in [0.2, 0.25) is 0 Å². The van der Waals surface area contributed by atoms with E-state index in [0.717, 1.165) is 10.5 Å². The van der Waals surface area contributed by atoms with Crippen LogP contribution in [0.1, 0.15) is 15.9 Å². The molecule has 0 saturated heterocycles. The van der Waals surface area contributed by atoms with Crippen LogP contribution in [0, 0.1) is 0 Å². The van der Waals surface area contributed by atoms with Crippen LogP contribution < -0.4 is 4.90 Å². The van der Waals surface area contributed by atoms with E-state index in [1.165, 1.54) is 24.3 Å². The van der Waals surface area contributed by atoms with Gasteiger partial charge < -0.3 is 0 Å². The van der Waals surface area contributed by atoms with Gasteiger partial charge >= 0.3 is 6.18 Å². The number of alkyl halides is 3. The molecule has 0 atom stereocenters. The van der Waals surface area contributed by atoms with Crippen LogP contribution in [0.3, 0.4) is 0 Å². The maximum Gasteiger partial charge on any atom is 0.406 e. The number of aromatic nitrogens is 2. The molecule has 0 aliphatic carbocycles. The number of carbonyl (C=O) groups is 1. The number of carbonyl (C=O) groups excluding carboxylic acids is 1. The second-order valence-corrected chi connectivity index (χ2v) is 6.80. The summed E-state index contributed by atoms with van der Waals surface area (Å²) in [5.41, 5.74) is 1.26. The van der Waals surface area contributed by atoms with Gasteiger partial charge in [-0.05, 0) is 48.0 Å². The Bertz CT molecular complexity index is 891. The van der Waals surface area contributed by atoms with Gasteiger partial charge in [0.15, 0.2) is 0 Å². The molecule has 4 nitrogen and oxygen atoms in total. The number of hydrogen-bond acceptors (Lipinski definition) is 2. The van der Waals surface area contributed by atoms with Crippen LogP contribution in [-0.4, -0.2) is 28.4 Å². The Labute approximate surface area is 162 Å². The molecule has 0 fully saturated rings. The number of hydrogen-bond donors (Lipinski definition) is 0. The summed E-state index contributed by atoms with van der Waals surface area (Å²) < 4.78 is 41.5. The summed E-state index contributed by atoms with van der Waals surface area (Å²) in [4.78, 5) is 13.5. The molecule has 0 unspecified atom stereocenters. The molecule has 1 aromatic heterocycles. The summed E-state index contributed by atoms with van der Waals surface area (Å²) in [6.07, 6.45) is -1.05. The van der Waals surface area contributed by atoms with Crippen molar-refractivity contribution in [1.29, 1.82) is 0 Å². The fourth-order valence-electron chi connectivity index (χ4n) is 2.57. The van der Waals surface area contributed by atoms with E-state index in [-0.39, 0.29) is 11.3 Å². The van der Waals surface area contributed by atoms with E-state index in [0.29, 0.717) is 11.0 Å². The Hall–Kier alpha value is -2.61. The normalized spacial score (nSPS) is 11.4. The van der Waals surface area contributed by atoms with Crippen molar-refractivity contribution < 1.29 is 18.0 Å². The fraction of sp³-hybridized carbons (Fsp3) is 0.158. The van der Waals surface area contributed by atoms with Crippen LogP contribution >= 0.6 is 15.9 Å². The summed E-state index contributed by atoms with van der Waals surface area (Å²) in [6, 6.07) is 14.4. The van der Waals surface area contributed by atoms with E-state index in [1.807, 2.05) is 0 Å². The van der Waals surface area contributed by atoms with E-state index >= 15 is 0 Å². The highest BCUT2D eigenvalue weighted by Crippen LogP contribution is 2.25. The fourth-order valence-corrected chi connectivity index (χ4v) is 2.83. The summed E-state index contributed by atoms with van der Waals surface area (Å²) in [5, 5.41) is 4.10. The van der Waals surface area contributed by atoms with E-state index in [4.69, 9.17) is 0 Å². The molecule has 140 valence electrons. The Kier molecular flexibility index (Phi) is 5.65. The molecule has 1 heterocycles. The van der Waals surface area contributed by atoms with Crippen LogP contribution in [0.15, 0.2) is 71.5 Å². The zero-order valence-electron chi connectivity index (χ0n) is 14.0. The van der Waals surface area contributed by atoms with E-state index in [1.54, 1.807) is 47.4 Å². The standard InChI is InChI=1S/C19H15BrF3N3O/c20-16-6-8-17(9-7-16)26(13-19(21,22)23)18(27)15-4-2-14(3-5-15)12-25-11-1-10-24-25/h1-11H,12-13H2. The van der Waals surface area contributed by atoms with Crippen molar-refractivity contribution in [2.75, 3.05) is 11.4 Å². The number of anilines is 1. The number of amides is 1. The molecule has 1 amide bonds. The van der Waals surface area contributed by atoms with Crippen molar-refractivity contribution in [2.24, 2.45) is 0 Å². The molecular weight excluding hydrogens is 423 g/mol. The number of halogens is 4. The van der Waals surface area contributed by atoms with E-state index in [2.05, 4.69) is 21.0 Å². The van der Waals surface area contributed by atoms with Crippen molar-refractivity contribution in [3.63, 3.8) is 0 Å². The molecule has 2 aromatic carbocycles. The largest absolute Gasteiger partial charge is 0.406 e. The van der Waals surface area contributed by atoms with Crippen LogP contribution in [0.2, 0.25) is 0 Å². The zero-order chi connectivity index (χ0) is 19.4. The summed E-state index contributed by atoms with van der Waals surface area (Å²) in [5.74, 6) is -0.708. The average molecular weight is 438 g/mol. The molecule has 3 rings (SSSR count). The highest BCUT2D eigenvalue weighted by Gasteiger charge is 2.34. The first-order chi connectivity index (χ1) is 12.8. The van der Waals surface area contributed by atoms with Crippen LogP contribution in [0.5, 0.6) is 0 Å². The monoisotopic (exact) mass is 437 g/mol. The number of nitrogens with zero attached hydrogens (tertiary/aromatic N) is 3. The second-order valence-electron chi connectivity index (χ2n) is 5.88. The number of benzene rings is 2. The molecule has 0 aliphatic heterocycles. The third-order valence-corrected chi connectivity index (χ3v) is 4.35. The van der Waals surface area contributed by atoms with Gasteiger partial charge in [0, 0.05) is 28.1 Å². The lowest BCUT2D eigenvalue weighted by atomic mass is 10.1. The summed E-state index contributed by atoms with van der Waals surface area (Å²) >= 11 is 3.24. The molecule has 0 radical (unpaired) electrons. The van der Waals surface area contributed by atoms with Gasteiger partial charge in [-0.1, -0.05) is 28.1 Å². The van der Waals surface area contributed by atoms with Crippen molar-refractivity contribution in [2.45, 2.75) is 12.7 Å². The van der Waals surface area contributed by atoms with Gasteiger partial charge in [0.05, 0.1) is 6.54 Å². The van der Waals surface area contributed by atoms with Gasteiger partial charge in [-0.15, -0.1) is 0 Å². The van der Waals surface area contributed by atoms with Gasteiger partial charge in [-0.2, -0.15) is 18.3 Å². The van der Waals surface area contributed by atoms with Gasteiger partial charge in [0.1, 0.15) is 6.54 Å². The topological polar surface area (TPSA) is 38.1 Å². The molecule has 0 aliphatic rings. The minimum Gasteiger partial charge on any atom is -0.299 e. The van der Waals surface area contributed by atoms with E-state index in [9.17, 15) is 18.0 Å². The number of rotatable bonds is 5. The molecule has 27 heavy (non-hydrogen) atoms. The molecule has 3 aromatic rings. The lowest BCUT2D eigenvalue weighted by Gasteiger charge is -2.24. The first kappa shape index (κ1) is 19.2. The van der Waals surface area contributed by atoms with E-state index < -0.39 is 18.6 Å². The minimum absolute atomic E-state index is 0.182. The average Bonchev–Trinajstić information content (AvgIpc) is 3.13. The SMILES string of the molecule is O=C(c1ccc(Cn2cccn2)cc1)N(CC(F)(F)F)c1ccc(Br)cc1. The third kappa shape index (κ3) is 5.19. The third-order valence-electron chi connectivity index (χ3n) is 3.83. The van der Waals surface area contributed by atoms with Gasteiger partial charge in [-0.3, -0.25) is 14.4 Å². The molecular formula is C19H15BrF3N3O. The molecule has 8 heteroatoms. The Balaban J connectivity index is 1.83. The lowest BCUT2D eigenvalue weighted by molar-refractivity contribution is -0.118. The molecule has 0 bridgehead atoms. The van der Waals surface area contributed by atoms with Gasteiger partial charge in [0.25, 0.3) is 5.91 Å². The maximum atomic E-state index is 13.0. The minimum atomic E-state index is -4.51. The highest BCUT2D eigenvalue weighted by molar-refractivity contribution is 9.10. The zero-order valence-corrected chi connectivity index (χ0v) is 15.6. The van der Waals surface area contributed by atoms with Crippen molar-refractivity contribution in [3.05, 3.63) is 82.6 Å². The predicted octanol–water partition coefficient (Wildman–Crippen LogP) is 4.90. The predicted molar refractivity (Wildman–Crippen MR) is 99.6 cm³/mol. The lowest BCUT2D eigenvalue weighted by Crippen LogP contribution is -2.39. The first-order valence-electron chi connectivity index (χ1n) is 8.02. The van der Waals surface area contributed by atoms with Crippen LogP contribution in [0.25, 0.3) is 0 Å². The quantitative estimate of drug-likeness (QED) is 0.568. The van der Waals surface area contributed by atoms with Crippen molar-refractivity contribution >= 4 is 27.5 Å². The van der Waals surface area contributed by atoms with Crippen molar-refractivity contribution in [3.8, 4) is 0 Å². The van der Waals surface area contributed by atoms with Crippen LogP contribution in [-0.2, 0) is 6.54 Å². The molecule has 0 N–H and O–H groups in total. The smallest absolute Gasteiger partial charge is 0.299 e. The van der Waals surface area contributed by atoms with Gasteiger partial charge in [-0.25, -0.2) is 0 Å². The Morgan fingerprint density at radius 3 is 2.30 bits per heavy atom.